The number of hydrogen-bond donors (Lipinski definition) is 0. The Kier molecular flexibility index (Phi) is 1.58. The van der Waals surface area contributed by atoms with Gasteiger partial charge in [-0.15, -0.1) is 0 Å². The highest BCUT2D eigenvalue weighted by atomic mass is 14.8. The van der Waals surface area contributed by atoms with E-state index >= 15 is 0 Å². The predicted octanol–water partition coefficient (Wildman–Crippen LogP) is 2.83. The first kappa shape index (κ1) is 8.22. The zero-order chi connectivity index (χ0) is 9.60. The topological polar surface area (TPSA) is 12.4 Å². The van der Waals surface area contributed by atoms with Gasteiger partial charge in [-0.1, -0.05) is 31.2 Å². The summed E-state index contributed by atoms with van der Waals surface area (Å²) in [6.07, 6.45) is 3.76. The van der Waals surface area contributed by atoms with Gasteiger partial charge in [-0.2, -0.15) is 0 Å². The summed E-state index contributed by atoms with van der Waals surface area (Å²) >= 11 is 0. The van der Waals surface area contributed by atoms with Crippen LogP contribution < -0.4 is 0 Å². The molecule has 2 aliphatic rings. The first-order valence-electron chi connectivity index (χ1n) is 5.43. The van der Waals surface area contributed by atoms with Crippen LogP contribution in [-0.2, 0) is 6.42 Å². The van der Waals surface area contributed by atoms with Crippen LogP contribution in [0.4, 0.5) is 0 Å². The van der Waals surface area contributed by atoms with Crippen LogP contribution >= 0.6 is 0 Å². The summed E-state index contributed by atoms with van der Waals surface area (Å²) in [4.78, 5) is 4.72. The fraction of sp³-hybridized carbons (Fsp3) is 0.462. The molecular weight excluding hydrogens is 170 g/mol. The SMILES string of the molecule is CC12CCCN=C1c1ccccc1C2. The summed E-state index contributed by atoms with van der Waals surface area (Å²) in [5.41, 5.74) is 4.63. The Morgan fingerprint density at radius 3 is 3.07 bits per heavy atom. The molecule has 72 valence electrons. The second-order valence-corrected chi connectivity index (χ2v) is 4.73. The van der Waals surface area contributed by atoms with Crippen LogP contribution in [-0.4, -0.2) is 12.3 Å². The Labute approximate surface area is 84.9 Å². The molecule has 0 radical (unpaired) electrons. The predicted molar refractivity (Wildman–Crippen MR) is 58.9 cm³/mol. The smallest absolute Gasteiger partial charge is 0.0485 e. The Morgan fingerprint density at radius 1 is 1.29 bits per heavy atom. The molecule has 14 heavy (non-hydrogen) atoms. The molecule has 0 aromatic heterocycles. The Bertz CT molecular complexity index is 405. The maximum Gasteiger partial charge on any atom is 0.0485 e. The average Bonchev–Trinajstić information content (AvgIpc) is 2.49. The van der Waals surface area contributed by atoms with Gasteiger partial charge in [0.2, 0.25) is 0 Å². The lowest BCUT2D eigenvalue weighted by atomic mass is 9.79. The molecule has 0 N–H and O–H groups in total. The summed E-state index contributed by atoms with van der Waals surface area (Å²) in [6, 6.07) is 8.74. The maximum absolute atomic E-state index is 4.72. The van der Waals surface area contributed by atoms with Crippen LogP contribution in [0.15, 0.2) is 29.3 Å². The van der Waals surface area contributed by atoms with E-state index in [1.54, 1.807) is 0 Å². The number of hydrogen-bond acceptors (Lipinski definition) is 1. The van der Waals surface area contributed by atoms with Crippen molar-refractivity contribution in [2.75, 3.05) is 6.54 Å². The summed E-state index contributed by atoms with van der Waals surface area (Å²) in [5.74, 6) is 0. The molecule has 3 rings (SSSR count). The zero-order valence-electron chi connectivity index (χ0n) is 8.59. The van der Waals surface area contributed by atoms with Crippen molar-refractivity contribution in [3.63, 3.8) is 0 Å². The lowest BCUT2D eigenvalue weighted by Crippen LogP contribution is -2.28. The van der Waals surface area contributed by atoms with Crippen LogP contribution in [0.1, 0.15) is 30.9 Å². The molecule has 0 saturated heterocycles. The van der Waals surface area contributed by atoms with Gasteiger partial charge in [-0.3, -0.25) is 4.99 Å². The second kappa shape index (κ2) is 2.69. The fourth-order valence-electron chi connectivity index (χ4n) is 2.88. The van der Waals surface area contributed by atoms with E-state index in [0.29, 0.717) is 5.41 Å². The third-order valence-electron chi connectivity index (χ3n) is 3.58. The molecule has 0 spiro atoms. The van der Waals surface area contributed by atoms with Crippen molar-refractivity contribution in [3.8, 4) is 0 Å². The highest BCUT2D eigenvalue weighted by Gasteiger charge is 2.39. The van der Waals surface area contributed by atoms with Crippen LogP contribution in [0.2, 0.25) is 0 Å². The van der Waals surface area contributed by atoms with Crippen molar-refractivity contribution in [2.45, 2.75) is 26.2 Å². The van der Waals surface area contributed by atoms with E-state index < -0.39 is 0 Å². The van der Waals surface area contributed by atoms with Crippen LogP contribution in [0.25, 0.3) is 0 Å². The molecular formula is C13H15N. The van der Waals surface area contributed by atoms with E-state index in [1.165, 1.54) is 36.1 Å². The first-order chi connectivity index (χ1) is 6.80. The van der Waals surface area contributed by atoms with Crippen molar-refractivity contribution < 1.29 is 0 Å². The standard InChI is InChI=1S/C13H15N/c1-13-7-4-8-14-12(13)11-6-3-2-5-10(11)9-13/h2-3,5-6H,4,7-9H2,1H3. The normalized spacial score (nSPS) is 29.4. The van der Waals surface area contributed by atoms with Crippen LogP contribution in [0.5, 0.6) is 0 Å². The molecule has 1 nitrogen and oxygen atoms in total. The average molecular weight is 185 g/mol. The van der Waals surface area contributed by atoms with Crippen molar-refractivity contribution >= 4 is 5.71 Å². The van der Waals surface area contributed by atoms with Gasteiger partial charge in [-0.25, -0.2) is 0 Å². The fourth-order valence-corrected chi connectivity index (χ4v) is 2.88. The van der Waals surface area contributed by atoms with E-state index in [0.717, 1.165) is 6.54 Å². The van der Waals surface area contributed by atoms with E-state index in [-0.39, 0.29) is 0 Å². The summed E-state index contributed by atoms with van der Waals surface area (Å²) in [5, 5.41) is 0. The molecule has 1 unspecified atom stereocenters. The quantitative estimate of drug-likeness (QED) is 0.589. The van der Waals surface area contributed by atoms with Crippen molar-refractivity contribution in [2.24, 2.45) is 10.4 Å². The molecule has 1 atom stereocenters. The van der Waals surface area contributed by atoms with Crippen molar-refractivity contribution in [3.05, 3.63) is 35.4 Å². The lowest BCUT2D eigenvalue weighted by Gasteiger charge is -2.28. The number of benzene rings is 1. The molecule has 1 aromatic rings. The van der Waals surface area contributed by atoms with E-state index in [9.17, 15) is 0 Å². The van der Waals surface area contributed by atoms with E-state index in [4.69, 9.17) is 4.99 Å². The number of fused-ring (bicyclic) bond motifs is 3. The number of nitrogens with zero attached hydrogens (tertiary/aromatic N) is 1. The first-order valence-corrected chi connectivity index (χ1v) is 5.43. The van der Waals surface area contributed by atoms with Crippen molar-refractivity contribution in [1.82, 2.24) is 0 Å². The largest absolute Gasteiger partial charge is 0.289 e. The summed E-state index contributed by atoms with van der Waals surface area (Å²) in [6.45, 7) is 3.39. The number of rotatable bonds is 0. The minimum absolute atomic E-state index is 0.349. The molecule has 1 aromatic carbocycles. The van der Waals surface area contributed by atoms with Crippen LogP contribution in [0, 0.1) is 5.41 Å². The second-order valence-electron chi connectivity index (χ2n) is 4.73. The highest BCUT2D eigenvalue weighted by molar-refractivity contribution is 6.08. The minimum atomic E-state index is 0.349. The van der Waals surface area contributed by atoms with E-state index in [1.807, 2.05) is 0 Å². The van der Waals surface area contributed by atoms with Gasteiger partial charge < -0.3 is 0 Å². The highest BCUT2D eigenvalue weighted by Crippen LogP contribution is 2.42. The molecule has 1 heterocycles. The lowest BCUT2D eigenvalue weighted by molar-refractivity contribution is 0.410. The van der Waals surface area contributed by atoms with E-state index in [2.05, 4.69) is 31.2 Å². The molecule has 0 fully saturated rings. The number of aliphatic imine (C=N–C) groups is 1. The molecule has 1 heteroatoms. The van der Waals surface area contributed by atoms with Gasteiger partial charge in [0.1, 0.15) is 0 Å². The van der Waals surface area contributed by atoms with Gasteiger partial charge in [-0.05, 0) is 30.4 Å². The third-order valence-corrected chi connectivity index (χ3v) is 3.58. The molecule has 0 bridgehead atoms. The van der Waals surface area contributed by atoms with Crippen LogP contribution in [0.3, 0.4) is 0 Å². The van der Waals surface area contributed by atoms with Gasteiger partial charge in [0.05, 0.1) is 0 Å². The molecule has 1 aliphatic heterocycles. The monoisotopic (exact) mass is 185 g/mol. The summed E-state index contributed by atoms with van der Waals surface area (Å²) in [7, 11) is 0. The maximum atomic E-state index is 4.72. The van der Waals surface area contributed by atoms with Gasteiger partial charge in [0, 0.05) is 17.7 Å². The van der Waals surface area contributed by atoms with Gasteiger partial charge >= 0.3 is 0 Å². The molecule has 0 saturated carbocycles. The van der Waals surface area contributed by atoms with Gasteiger partial charge in [0.25, 0.3) is 0 Å². The van der Waals surface area contributed by atoms with Crippen molar-refractivity contribution in [1.29, 1.82) is 0 Å². The van der Waals surface area contributed by atoms with Gasteiger partial charge in [0.15, 0.2) is 0 Å². The third kappa shape index (κ3) is 0.985. The minimum Gasteiger partial charge on any atom is -0.289 e. The molecule has 1 aliphatic carbocycles. The Balaban J connectivity index is 2.19. The summed E-state index contributed by atoms with van der Waals surface area (Å²) < 4.78 is 0. The molecule has 0 amide bonds. The Morgan fingerprint density at radius 2 is 2.14 bits per heavy atom. The Hall–Kier alpha value is -1.11. The zero-order valence-corrected chi connectivity index (χ0v) is 8.59.